The van der Waals surface area contributed by atoms with Gasteiger partial charge in [-0.15, -0.1) is 0 Å². The molecule has 88 valence electrons. The first-order valence-corrected chi connectivity index (χ1v) is 5.23. The van der Waals surface area contributed by atoms with Gasteiger partial charge < -0.3 is 14.3 Å². The second-order valence-electron chi connectivity index (χ2n) is 4.56. The smallest absolute Gasteiger partial charge is 0.153 e. The van der Waals surface area contributed by atoms with Gasteiger partial charge >= 0.3 is 0 Å². The SMILES string of the molecule is COc1ccc(C(C=O)OC(C)(C)C)cc1. The summed E-state index contributed by atoms with van der Waals surface area (Å²) in [6.07, 6.45) is 0.290. The Morgan fingerprint density at radius 3 is 2.12 bits per heavy atom. The first-order chi connectivity index (χ1) is 7.46. The van der Waals surface area contributed by atoms with Gasteiger partial charge in [-0.3, -0.25) is 0 Å². The Morgan fingerprint density at radius 1 is 1.19 bits per heavy atom. The van der Waals surface area contributed by atoms with Crippen LogP contribution in [0.15, 0.2) is 24.3 Å². The topological polar surface area (TPSA) is 35.5 Å². The first-order valence-electron chi connectivity index (χ1n) is 5.23. The molecule has 0 radical (unpaired) electrons. The predicted octanol–water partition coefficient (Wildman–Crippen LogP) is 2.75. The molecule has 1 atom stereocenters. The van der Waals surface area contributed by atoms with Gasteiger partial charge in [-0.1, -0.05) is 12.1 Å². The minimum Gasteiger partial charge on any atom is -0.497 e. The summed E-state index contributed by atoms with van der Waals surface area (Å²) in [5, 5.41) is 0. The van der Waals surface area contributed by atoms with Crippen molar-refractivity contribution in [2.24, 2.45) is 0 Å². The lowest BCUT2D eigenvalue weighted by atomic mass is 10.1. The van der Waals surface area contributed by atoms with E-state index in [1.165, 1.54) is 0 Å². The Hall–Kier alpha value is -1.35. The van der Waals surface area contributed by atoms with Crippen molar-refractivity contribution in [1.29, 1.82) is 0 Å². The van der Waals surface area contributed by atoms with Crippen LogP contribution in [0.1, 0.15) is 32.4 Å². The molecule has 0 aliphatic heterocycles. The Labute approximate surface area is 96.4 Å². The molecule has 0 aliphatic carbocycles. The van der Waals surface area contributed by atoms with Gasteiger partial charge in [0.15, 0.2) is 6.29 Å². The summed E-state index contributed by atoms with van der Waals surface area (Å²) in [6.45, 7) is 5.77. The van der Waals surface area contributed by atoms with Crippen LogP contribution in [0, 0.1) is 0 Å². The number of benzene rings is 1. The van der Waals surface area contributed by atoms with E-state index in [1.54, 1.807) is 7.11 Å². The van der Waals surface area contributed by atoms with E-state index in [0.717, 1.165) is 17.6 Å². The van der Waals surface area contributed by atoms with Crippen molar-refractivity contribution in [1.82, 2.24) is 0 Å². The molecule has 1 unspecified atom stereocenters. The van der Waals surface area contributed by atoms with Crippen LogP contribution in [0.25, 0.3) is 0 Å². The highest BCUT2D eigenvalue weighted by atomic mass is 16.5. The normalized spacial score (nSPS) is 13.2. The Morgan fingerprint density at radius 2 is 1.75 bits per heavy atom. The summed E-state index contributed by atoms with van der Waals surface area (Å²) < 4.78 is 10.7. The van der Waals surface area contributed by atoms with Crippen LogP contribution in [0.5, 0.6) is 5.75 Å². The lowest BCUT2D eigenvalue weighted by Crippen LogP contribution is -2.23. The molecule has 0 spiro atoms. The van der Waals surface area contributed by atoms with Gasteiger partial charge in [0.05, 0.1) is 12.7 Å². The molecule has 1 aromatic rings. The molecule has 3 heteroatoms. The lowest BCUT2D eigenvalue weighted by molar-refractivity contribution is -0.128. The van der Waals surface area contributed by atoms with Gasteiger partial charge in [-0.25, -0.2) is 0 Å². The Bertz CT molecular complexity index is 335. The molecule has 0 N–H and O–H groups in total. The Balaban J connectivity index is 2.83. The van der Waals surface area contributed by atoms with Crippen molar-refractivity contribution >= 4 is 6.29 Å². The fraction of sp³-hybridized carbons (Fsp3) is 0.462. The van der Waals surface area contributed by atoms with Crippen LogP contribution < -0.4 is 4.74 Å². The summed E-state index contributed by atoms with van der Waals surface area (Å²) in [5.74, 6) is 0.768. The third-order valence-corrected chi connectivity index (χ3v) is 2.05. The van der Waals surface area contributed by atoms with Crippen LogP contribution in [0.3, 0.4) is 0 Å². The highest BCUT2D eigenvalue weighted by Crippen LogP contribution is 2.23. The van der Waals surface area contributed by atoms with Gasteiger partial charge in [0, 0.05) is 0 Å². The fourth-order valence-corrected chi connectivity index (χ4v) is 1.35. The van der Waals surface area contributed by atoms with E-state index < -0.39 is 6.10 Å². The van der Waals surface area contributed by atoms with Crippen molar-refractivity contribution in [3.63, 3.8) is 0 Å². The lowest BCUT2D eigenvalue weighted by Gasteiger charge is -2.24. The summed E-state index contributed by atoms with van der Waals surface area (Å²) >= 11 is 0. The fourth-order valence-electron chi connectivity index (χ4n) is 1.35. The maximum atomic E-state index is 11.0. The average molecular weight is 222 g/mol. The molecule has 0 aromatic heterocycles. The summed E-state index contributed by atoms with van der Waals surface area (Å²) in [7, 11) is 1.61. The predicted molar refractivity (Wildman–Crippen MR) is 62.6 cm³/mol. The molecular weight excluding hydrogens is 204 g/mol. The molecule has 3 nitrogen and oxygen atoms in total. The summed E-state index contributed by atoms with van der Waals surface area (Å²) in [4.78, 5) is 11.0. The van der Waals surface area contributed by atoms with E-state index >= 15 is 0 Å². The maximum Gasteiger partial charge on any atom is 0.153 e. The van der Waals surface area contributed by atoms with Gasteiger partial charge in [0.1, 0.15) is 11.9 Å². The summed E-state index contributed by atoms with van der Waals surface area (Å²) in [5.41, 5.74) is 0.497. The van der Waals surface area contributed by atoms with Crippen LogP contribution in [-0.2, 0) is 9.53 Å². The van der Waals surface area contributed by atoms with E-state index in [9.17, 15) is 4.79 Å². The second-order valence-corrected chi connectivity index (χ2v) is 4.56. The standard InChI is InChI=1S/C13H18O3/c1-13(2,3)16-12(9-14)10-5-7-11(15-4)8-6-10/h5-9,12H,1-4H3. The largest absolute Gasteiger partial charge is 0.497 e. The monoisotopic (exact) mass is 222 g/mol. The number of carbonyl (C=O) groups excluding carboxylic acids is 1. The number of hydrogen-bond acceptors (Lipinski definition) is 3. The van der Waals surface area contributed by atoms with E-state index in [1.807, 2.05) is 45.0 Å². The van der Waals surface area contributed by atoms with Gasteiger partial charge in [0.25, 0.3) is 0 Å². The summed E-state index contributed by atoms with van der Waals surface area (Å²) in [6, 6.07) is 7.31. The van der Waals surface area contributed by atoms with Crippen LogP contribution in [0.4, 0.5) is 0 Å². The highest BCUT2D eigenvalue weighted by molar-refractivity contribution is 5.60. The number of rotatable bonds is 4. The molecule has 16 heavy (non-hydrogen) atoms. The third kappa shape index (κ3) is 3.66. The van der Waals surface area contributed by atoms with Crippen LogP contribution >= 0.6 is 0 Å². The van der Waals surface area contributed by atoms with Gasteiger partial charge in [-0.2, -0.15) is 0 Å². The molecule has 1 rings (SSSR count). The quantitative estimate of drug-likeness (QED) is 0.735. The Kier molecular flexibility index (Phi) is 4.07. The van der Waals surface area contributed by atoms with Gasteiger partial charge in [-0.05, 0) is 38.5 Å². The number of methoxy groups -OCH3 is 1. The molecule has 0 heterocycles. The number of ether oxygens (including phenoxy) is 2. The van der Waals surface area contributed by atoms with Crippen LogP contribution in [-0.4, -0.2) is 19.0 Å². The average Bonchev–Trinajstić information content (AvgIpc) is 2.25. The molecule has 0 fully saturated rings. The molecular formula is C13H18O3. The third-order valence-electron chi connectivity index (χ3n) is 2.05. The molecule has 0 saturated carbocycles. The van der Waals surface area contributed by atoms with E-state index in [-0.39, 0.29) is 5.60 Å². The first kappa shape index (κ1) is 12.7. The van der Waals surface area contributed by atoms with Crippen molar-refractivity contribution in [2.45, 2.75) is 32.5 Å². The molecule has 1 aromatic carbocycles. The zero-order valence-electron chi connectivity index (χ0n) is 10.2. The van der Waals surface area contributed by atoms with Gasteiger partial charge in [0.2, 0.25) is 0 Å². The van der Waals surface area contributed by atoms with E-state index in [2.05, 4.69) is 0 Å². The minimum atomic E-state index is -0.522. The zero-order valence-corrected chi connectivity index (χ0v) is 10.2. The second kappa shape index (κ2) is 5.12. The van der Waals surface area contributed by atoms with Crippen molar-refractivity contribution in [3.8, 4) is 5.75 Å². The highest BCUT2D eigenvalue weighted by Gasteiger charge is 2.19. The van der Waals surface area contributed by atoms with E-state index in [0.29, 0.717) is 0 Å². The maximum absolute atomic E-state index is 11.0. The zero-order chi connectivity index (χ0) is 12.2. The molecule has 0 amide bonds. The minimum absolute atomic E-state index is 0.342. The van der Waals surface area contributed by atoms with Crippen molar-refractivity contribution in [2.75, 3.05) is 7.11 Å². The number of hydrogen-bond donors (Lipinski definition) is 0. The number of aldehydes is 1. The molecule has 0 saturated heterocycles. The van der Waals surface area contributed by atoms with Crippen LogP contribution in [0.2, 0.25) is 0 Å². The van der Waals surface area contributed by atoms with Crippen molar-refractivity contribution < 1.29 is 14.3 Å². The molecule has 0 aliphatic rings. The number of carbonyl (C=O) groups is 1. The van der Waals surface area contributed by atoms with Crippen molar-refractivity contribution in [3.05, 3.63) is 29.8 Å². The molecule has 0 bridgehead atoms. The van der Waals surface area contributed by atoms with E-state index in [4.69, 9.17) is 9.47 Å².